The molecule has 4 heteroatoms. The van der Waals surface area contributed by atoms with E-state index in [4.69, 9.17) is 17.3 Å². The third-order valence-electron chi connectivity index (χ3n) is 4.59. The van der Waals surface area contributed by atoms with Crippen molar-refractivity contribution in [3.63, 3.8) is 0 Å². The molecular formula is C15H19ClN2O. The topological polar surface area (TPSA) is 55.1 Å². The van der Waals surface area contributed by atoms with Gasteiger partial charge in [-0.05, 0) is 56.7 Å². The highest BCUT2D eigenvalue weighted by Crippen LogP contribution is 2.46. The average Bonchev–Trinajstić information content (AvgIpc) is 2.59. The van der Waals surface area contributed by atoms with Crippen molar-refractivity contribution in [1.29, 1.82) is 0 Å². The lowest BCUT2D eigenvalue weighted by atomic mass is 9.79. The number of nitrogens with one attached hydrogen (secondary N) is 1. The smallest absolute Gasteiger partial charge is 0.251 e. The third-order valence-corrected chi connectivity index (χ3v) is 4.82. The Morgan fingerprint density at radius 3 is 2.89 bits per heavy atom. The van der Waals surface area contributed by atoms with Gasteiger partial charge < -0.3 is 11.1 Å². The first kappa shape index (κ1) is 12.9. The standard InChI is InChI=1S/C15H19ClN2O/c16-12-4-1-3-11(9-12)13(19)18-15-6-2-5-14(17,10-15)7-8-15/h1,3-4,9H,2,5-8,10,17H2,(H,18,19). The molecule has 2 aliphatic carbocycles. The molecule has 0 spiro atoms. The molecule has 102 valence electrons. The van der Waals surface area contributed by atoms with E-state index in [-0.39, 0.29) is 17.0 Å². The maximum absolute atomic E-state index is 12.3. The number of carbonyl (C=O) groups excluding carboxylic acids is 1. The summed E-state index contributed by atoms with van der Waals surface area (Å²) >= 11 is 5.93. The van der Waals surface area contributed by atoms with Crippen molar-refractivity contribution in [2.75, 3.05) is 0 Å². The van der Waals surface area contributed by atoms with Gasteiger partial charge in [0, 0.05) is 21.7 Å². The summed E-state index contributed by atoms with van der Waals surface area (Å²) in [5, 5.41) is 3.81. The highest BCUT2D eigenvalue weighted by molar-refractivity contribution is 6.30. The molecule has 2 unspecified atom stereocenters. The molecule has 1 aromatic rings. The maximum atomic E-state index is 12.3. The summed E-state index contributed by atoms with van der Waals surface area (Å²) in [5.74, 6) is -0.0337. The summed E-state index contributed by atoms with van der Waals surface area (Å²) in [7, 11) is 0. The second-order valence-electron chi connectivity index (χ2n) is 6.14. The number of rotatable bonds is 2. The van der Waals surface area contributed by atoms with Gasteiger partial charge >= 0.3 is 0 Å². The van der Waals surface area contributed by atoms with Crippen molar-refractivity contribution in [1.82, 2.24) is 5.32 Å². The molecule has 1 aromatic carbocycles. The van der Waals surface area contributed by atoms with Gasteiger partial charge in [0.2, 0.25) is 0 Å². The first-order chi connectivity index (χ1) is 9.00. The van der Waals surface area contributed by atoms with Gasteiger partial charge in [-0.1, -0.05) is 17.7 Å². The second kappa shape index (κ2) is 4.50. The summed E-state index contributed by atoms with van der Waals surface area (Å²) in [4.78, 5) is 12.3. The van der Waals surface area contributed by atoms with E-state index in [1.807, 2.05) is 0 Å². The summed E-state index contributed by atoms with van der Waals surface area (Å²) in [6.45, 7) is 0. The summed E-state index contributed by atoms with van der Waals surface area (Å²) in [6, 6.07) is 7.09. The Hall–Kier alpha value is -1.06. The van der Waals surface area contributed by atoms with Crippen molar-refractivity contribution in [2.45, 2.75) is 49.6 Å². The van der Waals surface area contributed by atoms with E-state index >= 15 is 0 Å². The monoisotopic (exact) mass is 278 g/mol. The van der Waals surface area contributed by atoms with Crippen LogP contribution < -0.4 is 11.1 Å². The van der Waals surface area contributed by atoms with Gasteiger partial charge in [-0.3, -0.25) is 4.79 Å². The molecule has 2 fully saturated rings. The van der Waals surface area contributed by atoms with Crippen LogP contribution in [-0.4, -0.2) is 17.0 Å². The zero-order chi connectivity index (χ0) is 13.5. The average molecular weight is 279 g/mol. The number of fused-ring (bicyclic) bond motifs is 2. The molecule has 1 amide bonds. The lowest BCUT2D eigenvalue weighted by molar-refractivity contribution is 0.0876. The van der Waals surface area contributed by atoms with Crippen LogP contribution in [0.4, 0.5) is 0 Å². The van der Waals surface area contributed by atoms with Crippen molar-refractivity contribution >= 4 is 17.5 Å². The van der Waals surface area contributed by atoms with E-state index in [0.29, 0.717) is 10.6 Å². The van der Waals surface area contributed by atoms with E-state index in [0.717, 1.165) is 38.5 Å². The molecule has 2 bridgehead atoms. The molecule has 2 saturated carbocycles. The fourth-order valence-electron chi connectivity index (χ4n) is 3.66. The zero-order valence-electron chi connectivity index (χ0n) is 10.9. The van der Waals surface area contributed by atoms with Gasteiger partial charge in [-0.15, -0.1) is 0 Å². The van der Waals surface area contributed by atoms with E-state index in [9.17, 15) is 4.79 Å². The minimum atomic E-state index is -0.0909. The van der Waals surface area contributed by atoms with Gasteiger partial charge in [0.15, 0.2) is 0 Å². The second-order valence-corrected chi connectivity index (χ2v) is 6.57. The van der Waals surface area contributed by atoms with Gasteiger partial charge in [0.05, 0.1) is 0 Å². The van der Waals surface area contributed by atoms with Crippen LogP contribution in [0.3, 0.4) is 0 Å². The predicted octanol–water partition coefficient (Wildman–Crippen LogP) is 2.87. The normalized spacial score (nSPS) is 33.2. The third kappa shape index (κ3) is 2.49. The van der Waals surface area contributed by atoms with Crippen LogP contribution in [0.15, 0.2) is 24.3 Å². The quantitative estimate of drug-likeness (QED) is 0.874. The van der Waals surface area contributed by atoms with Gasteiger partial charge in [0.1, 0.15) is 0 Å². The lowest BCUT2D eigenvalue weighted by Gasteiger charge is -2.38. The first-order valence-corrected chi connectivity index (χ1v) is 7.25. The Labute approximate surface area is 118 Å². The molecule has 0 radical (unpaired) electrons. The Kier molecular flexibility index (Phi) is 3.06. The van der Waals surface area contributed by atoms with E-state index in [2.05, 4.69) is 5.32 Å². The molecule has 2 aliphatic rings. The maximum Gasteiger partial charge on any atom is 0.251 e. The van der Waals surface area contributed by atoms with Crippen LogP contribution >= 0.6 is 11.6 Å². The minimum Gasteiger partial charge on any atom is -0.347 e. The highest BCUT2D eigenvalue weighted by Gasteiger charge is 2.49. The Balaban J connectivity index is 1.77. The lowest BCUT2D eigenvalue weighted by Crippen LogP contribution is -2.52. The summed E-state index contributed by atoms with van der Waals surface area (Å²) in [6.07, 6.45) is 6.15. The highest BCUT2D eigenvalue weighted by atomic mass is 35.5. The van der Waals surface area contributed by atoms with Crippen LogP contribution in [0.5, 0.6) is 0 Å². The Bertz CT molecular complexity index is 519. The molecule has 2 atom stereocenters. The molecule has 0 saturated heterocycles. The van der Waals surface area contributed by atoms with Gasteiger partial charge in [-0.2, -0.15) is 0 Å². The van der Waals surface area contributed by atoms with Crippen LogP contribution in [0.2, 0.25) is 5.02 Å². The predicted molar refractivity (Wildman–Crippen MR) is 76.3 cm³/mol. The molecular weight excluding hydrogens is 260 g/mol. The van der Waals surface area contributed by atoms with Crippen LogP contribution in [-0.2, 0) is 0 Å². The molecule has 0 aliphatic heterocycles. The Morgan fingerprint density at radius 1 is 1.26 bits per heavy atom. The van der Waals surface area contributed by atoms with Gasteiger partial charge in [0.25, 0.3) is 5.91 Å². The summed E-state index contributed by atoms with van der Waals surface area (Å²) in [5.41, 5.74) is 6.83. The van der Waals surface area contributed by atoms with E-state index < -0.39 is 0 Å². The molecule has 0 aromatic heterocycles. The number of amides is 1. The number of halogens is 1. The number of hydrogen-bond donors (Lipinski definition) is 2. The molecule has 3 rings (SSSR count). The number of nitrogens with two attached hydrogens (primary N) is 1. The minimum absolute atomic E-state index is 0.0337. The summed E-state index contributed by atoms with van der Waals surface area (Å²) < 4.78 is 0. The molecule has 0 heterocycles. The molecule has 3 N–H and O–H groups in total. The number of hydrogen-bond acceptors (Lipinski definition) is 2. The Morgan fingerprint density at radius 2 is 2.11 bits per heavy atom. The number of benzene rings is 1. The zero-order valence-corrected chi connectivity index (χ0v) is 11.7. The fraction of sp³-hybridized carbons (Fsp3) is 0.533. The fourth-order valence-corrected chi connectivity index (χ4v) is 3.85. The number of carbonyl (C=O) groups is 1. The molecule has 3 nitrogen and oxygen atoms in total. The van der Waals surface area contributed by atoms with Gasteiger partial charge in [-0.25, -0.2) is 0 Å². The van der Waals surface area contributed by atoms with E-state index in [1.165, 1.54) is 0 Å². The van der Waals surface area contributed by atoms with Crippen molar-refractivity contribution in [3.8, 4) is 0 Å². The van der Waals surface area contributed by atoms with Crippen molar-refractivity contribution in [3.05, 3.63) is 34.9 Å². The van der Waals surface area contributed by atoms with Crippen LogP contribution in [0.25, 0.3) is 0 Å². The largest absolute Gasteiger partial charge is 0.347 e. The van der Waals surface area contributed by atoms with Crippen molar-refractivity contribution < 1.29 is 4.79 Å². The van der Waals surface area contributed by atoms with E-state index in [1.54, 1.807) is 24.3 Å². The molecule has 19 heavy (non-hydrogen) atoms. The SMILES string of the molecule is NC12CCCC(NC(=O)c3cccc(Cl)c3)(CC1)C2. The first-order valence-electron chi connectivity index (χ1n) is 6.87. The van der Waals surface area contributed by atoms with Crippen molar-refractivity contribution in [2.24, 2.45) is 5.73 Å². The van der Waals surface area contributed by atoms with Crippen LogP contribution in [0.1, 0.15) is 48.9 Å². The van der Waals surface area contributed by atoms with Crippen LogP contribution in [0, 0.1) is 0 Å².